The first-order chi connectivity index (χ1) is 9.36. The van der Waals surface area contributed by atoms with Crippen LogP contribution in [0.3, 0.4) is 0 Å². The molecule has 104 valence electrons. The Labute approximate surface area is 110 Å². The van der Waals surface area contributed by atoms with Crippen molar-refractivity contribution in [1.29, 1.82) is 0 Å². The molecule has 2 fully saturated rings. The van der Waals surface area contributed by atoms with Crippen LogP contribution in [0.2, 0.25) is 0 Å². The van der Waals surface area contributed by atoms with Crippen molar-refractivity contribution in [1.82, 2.24) is 5.32 Å². The SMILES string of the molecule is O=C1NC(=O)C2(CC2)C(=O)N1c1cc(F)c(F)c(F)c1. The summed E-state index contributed by atoms with van der Waals surface area (Å²) in [6.45, 7) is 0. The van der Waals surface area contributed by atoms with Crippen LogP contribution < -0.4 is 10.2 Å². The predicted molar refractivity (Wildman–Crippen MR) is 59.0 cm³/mol. The fourth-order valence-corrected chi connectivity index (χ4v) is 2.15. The van der Waals surface area contributed by atoms with Crippen LogP contribution in [0.4, 0.5) is 23.7 Å². The number of hydrogen-bond donors (Lipinski definition) is 1. The maximum Gasteiger partial charge on any atom is 0.335 e. The van der Waals surface area contributed by atoms with Gasteiger partial charge in [-0.3, -0.25) is 14.9 Å². The number of anilines is 1. The van der Waals surface area contributed by atoms with E-state index in [1.165, 1.54) is 0 Å². The van der Waals surface area contributed by atoms with Gasteiger partial charge < -0.3 is 0 Å². The van der Waals surface area contributed by atoms with Crippen LogP contribution >= 0.6 is 0 Å². The van der Waals surface area contributed by atoms with Gasteiger partial charge in [-0.1, -0.05) is 0 Å². The highest BCUT2D eigenvalue weighted by molar-refractivity contribution is 6.31. The van der Waals surface area contributed by atoms with Crippen molar-refractivity contribution in [3.05, 3.63) is 29.6 Å². The van der Waals surface area contributed by atoms with Gasteiger partial charge in [-0.25, -0.2) is 22.9 Å². The van der Waals surface area contributed by atoms with Crippen molar-refractivity contribution in [2.24, 2.45) is 5.41 Å². The quantitative estimate of drug-likeness (QED) is 0.627. The number of nitrogens with zero attached hydrogens (tertiary/aromatic N) is 1. The third-order valence-electron chi connectivity index (χ3n) is 3.45. The van der Waals surface area contributed by atoms with Gasteiger partial charge in [0.15, 0.2) is 17.5 Å². The molecule has 0 atom stereocenters. The number of imide groups is 2. The molecule has 1 aromatic rings. The number of rotatable bonds is 1. The molecule has 0 aromatic heterocycles. The second-order valence-electron chi connectivity index (χ2n) is 4.71. The molecule has 1 aliphatic carbocycles. The molecule has 1 saturated carbocycles. The highest BCUT2D eigenvalue weighted by atomic mass is 19.2. The standard InChI is InChI=1S/C12H7F3N2O3/c13-6-3-5(4-7(14)8(6)15)17-10(19)12(1-2-12)9(18)16-11(17)20/h3-4H,1-2H2,(H,16,18,20). The second-order valence-corrected chi connectivity index (χ2v) is 4.71. The molecule has 1 spiro atoms. The molecule has 4 amide bonds. The molecule has 20 heavy (non-hydrogen) atoms. The minimum atomic E-state index is -1.70. The molecule has 1 N–H and O–H groups in total. The summed E-state index contributed by atoms with van der Waals surface area (Å²) in [5.74, 6) is -6.32. The lowest BCUT2D eigenvalue weighted by Gasteiger charge is -2.30. The first kappa shape index (κ1) is 12.6. The number of urea groups is 1. The van der Waals surface area contributed by atoms with Crippen LogP contribution in [0, 0.1) is 22.9 Å². The lowest BCUT2D eigenvalue weighted by Crippen LogP contribution is -2.59. The molecule has 3 rings (SSSR count). The summed E-state index contributed by atoms with van der Waals surface area (Å²) in [6.07, 6.45) is 0.515. The van der Waals surface area contributed by atoms with E-state index in [4.69, 9.17) is 0 Å². The van der Waals surface area contributed by atoms with Crippen molar-refractivity contribution in [2.45, 2.75) is 12.8 Å². The van der Waals surface area contributed by atoms with Crippen molar-refractivity contribution < 1.29 is 27.6 Å². The zero-order valence-electron chi connectivity index (χ0n) is 9.87. The first-order valence-corrected chi connectivity index (χ1v) is 5.71. The van der Waals surface area contributed by atoms with Crippen LogP contribution in [0.5, 0.6) is 0 Å². The summed E-state index contributed by atoms with van der Waals surface area (Å²) in [5.41, 5.74) is -1.79. The molecule has 5 nitrogen and oxygen atoms in total. The van der Waals surface area contributed by atoms with E-state index in [0.717, 1.165) is 0 Å². The summed E-state index contributed by atoms with van der Waals surface area (Å²) in [6, 6.07) is -0.0493. The van der Waals surface area contributed by atoms with E-state index in [0.29, 0.717) is 17.0 Å². The van der Waals surface area contributed by atoms with E-state index in [-0.39, 0.29) is 12.8 Å². The van der Waals surface area contributed by atoms with E-state index in [1.807, 2.05) is 5.32 Å². The Morgan fingerprint density at radius 3 is 2.10 bits per heavy atom. The second kappa shape index (κ2) is 3.81. The van der Waals surface area contributed by atoms with Crippen LogP contribution in [-0.2, 0) is 9.59 Å². The Bertz CT molecular complexity index is 647. The lowest BCUT2D eigenvalue weighted by atomic mass is 10.0. The van der Waals surface area contributed by atoms with Gasteiger partial charge in [0.2, 0.25) is 5.91 Å². The Hall–Kier alpha value is -2.38. The van der Waals surface area contributed by atoms with Gasteiger partial charge >= 0.3 is 6.03 Å². The van der Waals surface area contributed by atoms with E-state index in [1.54, 1.807) is 0 Å². The van der Waals surface area contributed by atoms with Gasteiger partial charge in [-0.2, -0.15) is 0 Å². The molecule has 1 saturated heterocycles. The van der Waals surface area contributed by atoms with Gasteiger partial charge in [-0.05, 0) is 12.8 Å². The van der Waals surface area contributed by atoms with Crippen molar-refractivity contribution in [2.75, 3.05) is 4.90 Å². The molecule has 1 aliphatic heterocycles. The van der Waals surface area contributed by atoms with Crippen molar-refractivity contribution >= 4 is 23.5 Å². The summed E-state index contributed by atoms with van der Waals surface area (Å²) in [5, 5.41) is 1.95. The minimum absolute atomic E-state index is 0.258. The fraction of sp³-hybridized carbons (Fsp3) is 0.250. The average Bonchev–Trinajstić information content (AvgIpc) is 3.15. The maximum atomic E-state index is 13.2. The van der Waals surface area contributed by atoms with Gasteiger partial charge in [0.25, 0.3) is 5.91 Å². The van der Waals surface area contributed by atoms with Crippen LogP contribution in [0.15, 0.2) is 12.1 Å². The van der Waals surface area contributed by atoms with E-state index in [2.05, 4.69) is 0 Å². The monoisotopic (exact) mass is 284 g/mol. The van der Waals surface area contributed by atoms with Crippen molar-refractivity contribution in [3.63, 3.8) is 0 Å². The van der Waals surface area contributed by atoms with E-state index >= 15 is 0 Å². The number of halogens is 3. The van der Waals surface area contributed by atoms with Gasteiger partial charge in [0.1, 0.15) is 5.41 Å². The molecule has 1 aromatic carbocycles. The largest absolute Gasteiger partial charge is 0.335 e. The summed E-state index contributed by atoms with van der Waals surface area (Å²) < 4.78 is 39.3. The molecule has 2 aliphatic rings. The van der Waals surface area contributed by atoms with Gasteiger partial charge in [0.05, 0.1) is 5.69 Å². The zero-order chi connectivity index (χ0) is 14.7. The normalized spacial score (nSPS) is 20.4. The van der Waals surface area contributed by atoms with E-state index in [9.17, 15) is 27.6 Å². The minimum Gasteiger partial charge on any atom is -0.276 e. The Kier molecular flexibility index (Phi) is 2.41. The summed E-state index contributed by atoms with van der Waals surface area (Å²) >= 11 is 0. The zero-order valence-corrected chi connectivity index (χ0v) is 9.87. The molecule has 0 unspecified atom stereocenters. The third kappa shape index (κ3) is 1.54. The van der Waals surface area contributed by atoms with Crippen LogP contribution in [0.1, 0.15) is 12.8 Å². The summed E-state index contributed by atoms with van der Waals surface area (Å²) in [4.78, 5) is 35.9. The molecule has 8 heteroatoms. The molecule has 0 radical (unpaired) electrons. The Morgan fingerprint density at radius 2 is 1.60 bits per heavy atom. The smallest absolute Gasteiger partial charge is 0.276 e. The molecular weight excluding hydrogens is 277 g/mol. The number of barbiturate groups is 1. The highest BCUT2D eigenvalue weighted by Gasteiger charge is 2.62. The predicted octanol–water partition coefficient (Wildman–Crippen LogP) is 1.47. The molecular formula is C12H7F3N2O3. The number of carbonyl (C=O) groups is 3. The van der Waals surface area contributed by atoms with Gasteiger partial charge in [-0.15, -0.1) is 0 Å². The summed E-state index contributed by atoms with van der Waals surface area (Å²) in [7, 11) is 0. The molecule has 0 bridgehead atoms. The maximum absolute atomic E-state index is 13.2. The average molecular weight is 284 g/mol. The number of amides is 4. The number of benzene rings is 1. The van der Waals surface area contributed by atoms with Gasteiger partial charge in [0, 0.05) is 12.1 Å². The Morgan fingerprint density at radius 1 is 1.05 bits per heavy atom. The number of hydrogen-bond acceptors (Lipinski definition) is 3. The highest BCUT2D eigenvalue weighted by Crippen LogP contribution is 2.49. The van der Waals surface area contributed by atoms with Crippen LogP contribution in [0.25, 0.3) is 0 Å². The number of carbonyl (C=O) groups excluding carboxylic acids is 3. The van der Waals surface area contributed by atoms with Crippen molar-refractivity contribution in [3.8, 4) is 0 Å². The Balaban J connectivity index is 2.07. The topological polar surface area (TPSA) is 66.5 Å². The first-order valence-electron chi connectivity index (χ1n) is 5.71. The lowest BCUT2D eigenvalue weighted by molar-refractivity contribution is -0.136. The number of nitrogens with one attached hydrogen (secondary N) is 1. The van der Waals surface area contributed by atoms with E-state index < -0.39 is 46.4 Å². The molecule has 1 heterocycles. The van der Waals surface area contributed by atoms with Crippen LogP contribution in [-0.4, -0.2) is 17.8 Å². The third-order valence-corrected chi connectivity index (χ3v) is 3.45. The fourth-order valence-electron chi connectivity index (χ4n) is 2.15.